The zero-order valence-corrected chi connectivity index (χ0v) is 15.7. The lowest BCUT2D eigenvalue weighted by Crippen LogP contribution is -2.16. The van der Waals surface area contributed by atoms with E-state index in [1.807, 2.05) is 6.92 Å². The molecule has 7 heteroatoms. The van der Waals surface area contributed by atoms with E-state index in [4.69, 9.17) is 4.74 Å². The second-order valence-electron chi connectivity index (χ2n) is 6.11. The summed E-state index contributed by atoms with van der Waals surface area (Å²) >= 11 is 0. The highest BCUT2D eigenvalue weighted by Gasteiger charge is 2.11. The number of ether oxygens (including phenoxy) is 1. The summed E-state index contributed by atoms with van der Waals surface area (Å²) in [5, 5.41) is 5.87. The summed E-state index contributed by atoms with van der Waals surface area (Å²) < 4.78 is 18.4. The highest BCUT2D eigenvalue weighted by molar-refractivity contribution is 6.03. The van der Waals surface area contributed by atoms with Crippen LogP contribution in [0.15, 0.2) is 54.6 Å². The lowest BCUT2D eigenvalue weighted by molar-refractivity contribution is 0.102. The predicted molar refractivity (Wildman–Crippen MR) is 106 cm³/mol. The van der Waals surface area contributed by atoms with E-state index in [2.05, 4.69) is 20.6 Å². The summed E-state index contributed by atoms with van der Waals surface area (Å²) in [6.07, 6.45) is 0. The van der Waals surface area contributed by atoms with Gasteiger partial charge in [-0.3, -0.25) is 4.79 Å². The van der Waals surface area contributed by atoms with E-state index >= 15 is 0 Å². The Hall–Kier alpha value is -3.48. The van der Waals surface area contributed by atoms with Crippen molar-refractivity contribution in [2.45, 2.75) is 20.4 Å². The van der Waals surface area contributed by atoms with E-state index in [9.17, 15) is 9.18 Å². The molecule has 0 spiro atoms. The number of hydrogen-bond acceptors (Lipinski definition) is 5. The quantitative estimate of drug-likeness (QED) is 0.643. The number of carbonyl (C=O) groups is 1. The second kappa shape index (κ2) is 8.94. The van der Waals surface area contributed by atoms with Gasteiger partial charge in [-0.1, -0.05) is 12.1 Å². The molecule has 144 valence electrons. The third-order valence-corrected chi connectivity index (χ3v) is 3.87. The van der Waals surface area contributed by atoms with Crippen LogP contribution in [0.1, 0.15) is 28.7 Å². The molecule has 0 bridgehead atoms. The van der Waals surface area contributed by atoms with Gasteiger partial charge >= 0.3 is 0 Å². The van der Waals surface area contributed by atoms with Gasteiger partial charge in [0, 0.05) is 17.9 Å². The molecule has 6 nitrogen and oxygen atoms in total. The van der Waals surface area contributed by atoms with E-state index in [1.165, 1.54) is 12.1 Å². The molecule has 2 aromatic carbocycles. The maximum absolute atomic E-state index is 13.0. The molecule has 0 atom stereocenters. The molecular weight excluding hydrogens is 359 g/mol. The molecule has 0 saturated carbocycles. The van der Waals surface area contributed by atoms with Crippen molar-refractivity contribution in [2.75, 3.05) is 17.2 Å². The number of aromatic nitrogens is 2. The molecule has 1 amide bonds. The van der Waals surface area contributed by atoms with Crippen LogP contribution in [0.2, 0.25) is 0 Å². The number of rotatable bonds is 7. The van der Waals surface area contributed by atoms with Crippen molar-refractivity contribution in [3.63, 3.8) is 0 Å². The summed E-state index contributed by atoms with van der Waals surface area (Å²) in [6, 6.07) is 14.9. The molecule has 1 heterocycles. The second-order valence-corrected chi connectivity index (χ2v) is 6.11. The Kier molecular flexibility index (Phi) is 6.16. The normalized spacial score (nSPS) is 10.4. The Morgan fingerprint density at radius 1 is 1.07 bits per heavy atom. The number of benzene rings is 2. The Labute approximate surface area is 162 Å². The van der Waals surface area contributed by atoms with Crippen LogP contribution < -0.4 is 15.4 Å². The third-order valence-electron chi connectivity index (χ3n) is 3.87. The highest BCUT2D eigenvalue weighted by Crippen LogP contribution is 2.17. The van der Waals surface area contributed by atoms with Crippen molar-refractivity contribution in [3.8, 4) is 5.75 Å². The van der Waals surface area contributed by atoms with Crippen LogP contribution >= 0.6 is 0 Å². The Morgan fingerprint density at radius 3 is 2.46 bits per heavy atom. The summed E-state index contributed by atoms with van der Waals surface area (Å²) in [6.45, 7) is 4.70. The molecule has 0 radical (unpaired) electrons. The first kappa shape index (κ1) is 19.3. The van der Waals surface area contributed by atoms with Gasteiger partial charge in [0.25, 0.3) is 5.91 Å². The fraction of sp³-hybridized carbons (Fsp3) is 0.190. The number of anilines is 2. The maximum atomic E-state index is 13.0. The number of carbonyl (C=O) groups excluding carboxylic acids is 1. The molecule has 0 aliphatic rings. The highest BCUT2D eigenvalue weighted by atomic mass is 19.1. The minimum absolute atomic E-state index is 0.253. The molecule has 2 N–H and O–H groups in total. The fourth-order valence-electron chi connectivity index (χ4n) is 2.54. The van der Waals surface area contributed by atoms with E-state index in [1.54, 1.807) is 49.4 Å². The van der Waals surface area contributed by atoms with E-state index in [0.29, 0.717) is 30.5 Å². The van der Waals surface area contributed by atoms with E-state index < -0.39 is 0 Å². The third kappa shape index (κ3) is 5.26. The molecule has 0 aliphatic carbocycles. The number of hydrogen-bond donors (Lipinski definition) is 2. The van der Waals surface area contributed by atoms with Gasteiger partial charge in [0.1, 0.15) is 17.3 Å². The molecule has 28 heavy (non-hydrogen) atoms. The molecule has 3 aromatic rings. The van der Waals surface area contributed by atoms with Gasteiger partial charge in [-0.15, -0.1) is 0 Å². The Balaban J connectivity index is 1.67. The summed E-state index contributed by atoms with van der Waals surface area (Å²) in [7, 11) is 0. The van der Waals surface area contributed by atoms with Crippen molar-refractivity contribution in [1.82, 2.24) is 9.97 Å². The van der Waals surface area contributed by atoms with Gasteiger partial charge in [-0.05, 0) is 61.9 Å². The number of halogens is 1. The average Bonchev–Trinajstić information content (AvgIpc) is 2.69. The van der Waals surface area contributed by atoms with Crippen LogP contribution in [0.5, 0.6) is 5.75 Å². The van der Waals surface area contributed by atoms with Gasteiger partial charge in [-0.2, -0.15) is 0 Å². The Bertz CT molecular complexity index is 944. The summed E-state index contributed by atoms with van der Waals surface area (Å²) in [5.74, 6) is 0.454. The lowest BCUT2D eigenvalue weighted by atomic mass is 10.2. The minimum Gasteiger partial charge on any atom is -0.494 e. The Morgan fingerprint density at radius 2 is 1.79 bits per heavy atom. The van der Waals surface area contributed by atoms with Gasteiger partial charge in [0.05, 0.1) is 6.61 Å². The monoisotopic (exact) mass is 380 g/mol. The number of nitrogens with zero attached hydrogens (tertiary/aromatic N) is 2. The summed E-state index contributed by atoms with van der Waals surface area (Å²) in [4.78, 5) is 21.1. The van der Waals surface area contributed by atoms with Crippen LogP contribution in [0.4, 0.5) is 16.0 Å². The molecule has 3 rings (SSSR count). The van der Waals surface area contributed by atoms with Gasteiger partial charge in [-0.25, -0.2) is 14.4 Å². The topological polar surface area (TPSA) is 76.1 Å². The molecule has 0 fully saturated rings. The first-order valence-electron chi connectivity index (χ1n) is 8.91. The standard InChI is InChI=1S/C21H21FN4O2/c1-3-28-18-10-8-17(9-11-18)25-20(27)19-12-14(2)24-21(26-19)23-13-15-4-6-16(22)7-5-15/h4-12H,3,13H2,1-2H3,(H,25,27)(H,23,24,26). The zero-order chi connectivity index (χ0) is 19.9. The number of amides is 1. The average molecular weight is 380 g/mol. The van der Waals surface area contributed by atoms with E-state index in [-0.39, 0.29) is 17.4 Å². The molecule has 0 saturated heterocycles. The summed E-state index contributed by atoms with van der Waals surface area (Å²) in [5.41, 5.74) is 2.44. The molecular formula is C21H21FN4O2. The van der Waals surface area contributed by atoms with Crippen molar-refractivity contribution in [3.05, 3.63) is 77.4 Å². The van der Waals surface area contributed by atoms with Crippen molar-refractivity contribution in [1.29, 1.82) is 0 Å². The van der Waals surface area contributed by atoms with Crippen LogP contribution in [0.25, 0.3) is 0 Å². The predicted octanol–water partition coefficient (Wildman–Crippen LogP) is 4.19. The van der Waals surface area contributed by atoms with Gasteiger partial charge < -0.3 is 15.4 Å². The van der Waals surface area contributed by atoms with Crippen molar-refractivity contribution < 1.29 is 13.9 Å². The smallest absolute Gasteiger partial charge is 0.274 e. The first-order chi connectivity index (χ1) is 13.5. The van der Waals surface area contributed by atoms with Gasteiger partial charge in [0.2, 0.25) is 5.95 Å². The fourth-order valence-corrected chi connectivity index (χ4v) is 2.54. The SMILES string of the molecule is CCOc1ccc(NC(=O)c2cc(C)nc(NCc3ccc(F)cc3)n2)cc1. The number of aryl methyl sites for hydroxylation is 1. The van der Waals surface area contributed by atoms with Crippen LogP contribution in [-0.4, -0.2) is 22.5 Å². The molecule has 0 unspecified atom stereocenters. The van der Waals surface area contributed by atoms with Crippen LogP contribution in [0, 0.1) is 12.7 Å². The zero-order valence-electron chi connectivity index (χ0n) is 15.7. The van der Waals surface area contributed by atoms with Crippen LogP contribution in [0.3, 0.4) is 0 Å². The number of nitrogens with one attached hydrogen (secondary N) is 2. The minimum atomic E-state index is -0.334. The van der Waals surface area contributed by atoms with Crippen molar-refractivity contribution in [2.24, 2.45) is 0 Å². The molecule has 1 aromatic heterocycles. The van der Waals surface area contributed by atoms with Gasteiger partial charge in [0.15, 0.2) is 0 Å². The van der Waals surface area contributed by atoms with E-state index in [0.717, 1.165) is 11.3 Å². The largest absolute Gasteiger partial charge is 0.494 e. The van der Waals surface area contributed by atoms with Crippen LogP contribution in [-0.2, 0) is 6.54 Å². The van der Waals surface area contributed by atoms with Crippen molar-refractivity contribution >= 4 is 17.5 Å². The maximum Gasteiger partial charge on any atom is 0.274 e. The lowest BCUT2D eigenvalue weighted by Gasteiger charge is -2.10. The first-order valence-corrected chi connectivity index (χ1v) is 8.91. The molecule has 0 aliphatic heterocycles.